The summed E-state index contributed by atoms with van der Waals surface area (Å²) in [5.74, 6) is 1.57. The van der Waals surface area contributed by atoms with Gasteiger partial charge in [-0.15, -0.1) is 22.7 Å². The summed E-state index contributed by atoms with van der Waals surface area (Å²) in [6, 6.07) is 98.9. The minimum atomic E-state index is -0.362. The second-order valence-corrected chi connectivity index (χ2v) is 29.0. The van der Waals surface area contributed by atoms with Crippen molar-refractivity contribution in [3.05, 3.63) is 284 Å². The van der Waals surface area contributed by atoms with E-state index < -0.39 is 0 Å². The van der Waals surface area contributed by atoms with Gasteiger partial charge in [0.25, 0.3) is 0 Å². The molecule has 14 aromatic carbocycles. The van der Waals surface area contributed by atoms with Crippen molar-refractivity contribution >= 4 is 172 Å². The number of anilines is 2. The molecule has 2 atom stereocenters. The molecule has 22 rings (SSSR count). The third-order valence-corrected chi connectivity index (χ3v) is 23.6. The first-order valence-corrected chi connectivity index (χ1v) is 34.6. The van der Waals surface area contributed by atoms with Crippen molar-refractivity contribution in [1.29, 1.82) is 0 Å². The van der Waals surface area contributed by atoms with E-state index in [0.29, 0.717) is 0 Å². The summed E-state index contributed by atoms with van der Waals surface area (Å²) in [5.41, 5.74) is 15.8. The van der Waals surface area contributed by atoms with Crippen molar-refractivity contribution in [2.24, 2.45) is 0 Å². The molecule has 0 amide bonds. The fourth-order valence-electron chi connectivity index (χ4n) is 16.7. The van der Waals surface area contributed by atoms with Gasteiger partial charge in [-0.2, -0.15) is 0 Å². The summed E-state index contributed by atoms with van der Waals surface area (Å²) in [7, 11) is 0. The van der Waals surface area contributed by atoms with Gasteiger partial charge in [0.05, 0.1) is 39.5 Å². The molecule has 0 saturated heterocycles. The Morgan fingerprint density at radius 1 is 0.396 bits per heavy atom. The molecule has 0 spiro atoms. The number of hydrogen-bond acceptors (Lipinski definition) is 7. The first-order chi connectivity index (χ1) is 47.3. The Morgan fingerprint density at radius 2 is 0.948 bits per heavy atom. The van der Waals surface area contributed by atoms with E-state index in [4.69, 9.17) is 14.4 Å². The zero-order chi connectivity index (χ0) is 62.8. The highest BCUT2D eigenvalue weighted by atomic mass is 32.1. The first kappa shape index (κ1) is 52.8. The second kappa shape index (κ2) is 19.3. The SMILES string of the molecule is CC1(C)c2ccccc2-c2nc(-n3c4cc5ccccc5cc4c4cc(-c5ccc6c(c5)sc5ccc(C7Nc8oc9ccccc9c8NC7n7c8cc9ccccc9cc8c8cc9ccccc9cc87)cc56)c5ccccc5c43)c(-c3ccc4c(c3)sc3ccccc34)nc21. The fourth-order valence-corrected chi connectivity index (χ4v) is 19.0. The largest absolute Gasteiger partial charge is 0.438 e. The molecule has 6 aromatic heterocycles. The first-order valence-electron chi connectivity index (χ1n) is 33.0. The van der Waals surface area contributed by atoms with Crippen LogP contribution in [0.2, 0.25) is 0 Å². The van der Waals surface area contributed by atoms with Gasteiger partial charge in [0.15, 0.2) is 5.82 Å². The monoisotopic (exact) mass is 1260 g/mol. The quantitative estimate of drug-likeness (QED) is 0.180. The number of thiophene rings is 2. The maximum absolute atomic E-state index is 6.71. The van der Waals surface area contributed by atoms with Gasteiger partial charge in [0, 0.05) is 89.2 Å². The number of hydrogen-bond donors (Lipinski definition) is 2. The number of nitrogens with one attached hydrogen (secondary N) is 2. The van der Waals surface area contributed by atoms with E-state index >= 15 is 0 Å². The molecule has 0 fully saturated rings. The van der Waals surface area contributed by atoms with Crippen molar-refractivity contribution in [2.75, 3.05) is 10.6 Å². The zero-order valence-electron chi connectivity index (χ0n) is 52.1. The highest BCUT2D eigenvalue weighted by molar-refractivity contribution is 7.26. The zero-order valence-corrected chi connectivity index (χ0v) is 53.7. The van der Waals surface area contributed by atoms with Crippen LogP contribution in [0.3, 0.4) is 0 Å². The third-order valence-electron chi connectivity index (χ3n) is 21.3. The highest BCUT2D eigenvalue weighted by Gasteiger charge is 2.40. The van der Waals surface area contributed by atoms with Crippen LogP contribution in [0, 0.1) is 0 Å². The molecule has 1 aliphatic carbocycles. The number of rotatable bonds is 5. The normalized spacial score (nSPS) is 15.2. The Hall–Kier alpha value is -11.6. The number of nitrogens with zero attached hydrogens (tertiary/aromatic N) is 4. The summed E-state index contributed by atoms with van der Waals surface area (Å²) < 4.78 is 16.7. The third kappa shape index (κ3) is 7.35. The minimum absolute atomic E-state index is 0.238. The summed E-state index contributed by atoms with van der Waals surface area (Å²) in [6.07, 6.45) is -0.260. The maximum atomic E-state index is 6.71. The molecular weight excluding hydrogens is 1210 g/mol. The number of benzene rings is 14. The van der Waals surface area contributed by atoms with E-state index in [2.05, 4.69) is 294 Å². The molecule has 7 heterocycles. The van der Waals surface area contributed by atoms with Gasteiger partial charge in [-0.05, 0) is 145 Å². The molecule has 7 nitrogen and oxygen atoms in total. The van der Waals surface area contributed by atoms with Gasteiger partial charge in [-0.3, -0.25) is 4.57 Å². The van der Waals surface area contributed by atoms with Crippen molar-refractivity contribution in [1.82, 2.24) is 19.1 Å². The van der Waals surface area contributed by atoms with E-state index in [1.54, 1.807) is 0 Å². The van der Waals surface area contributed by atoms with Crippen molar-refractivity contribution < 1.29 is 4.42 Å². The van der Waals surface area contributed by atoms with Gasteiger partial charge < -0.3 is 19.6 Å². The molecule has 2 unspecified atom stereocenters. The van der Waals surface area contributed by atoms with Crippen molar-refractivity contribution in [3.63, 3.8) is 0 Å². The molecule has 2 N–H and O–H groups in total. The Balaban J connectivity index is 0.736. The van der Waals surface area contributed by atoms with Gasteiger partial charge in [0.1, 0.15) is 23.1 Å². The number of para-hydroxylation sites is 1. The van der Waals surface area contributed by atoms with E-state index in [9.17, 15) is 0 Å². The number of aromatic nitrogens is 4. The molecule has 9 heteroatoms. The summed E-state index contributed by atoms with van der Waals surface area (Å²) >= 11 is 3.70. The Labute approximate surface area is 557 Å². The standard InChI is InChI=1S/C87H54N6OS2/c1-87(2)69-28-14-11-26-61(69)80-83(87)88-78(55-32-35-58-57-24-13-16-30-74(57)95-77(58)45-55)85(89-80)93-72-43-52-22-8-5-19-49(52)39-66(72)68-46-63(56-23-9-10-25-60(56)82(68)93)53-31-34-59-67-40-54(33-36-75(67)96-76(59)44-53)79-84(90-81-62-27-12-15-29-73(62)94-86(81)91-79)92-70-41-50-20-6-3-17-47(50)37-64(70)65-38-48-18-4-7-21-51(48)42-71(65)92/h3-46,79,84,90-91H,1-2H3. The van der Waals surface area contributed by atoms with Crippen LogP contribution in [0.25, 0.3) is 177 Å². The van der Waals surface area contributed by atoms with Crippen LogP contribution < -0.4 is 10.6 Å². The predicted molar refractivity (Wildman–Crippen MR) is 405 cm³/mol. The van der Waals surface area contributed by atoms with Crippen LogP contribution in [-0.4, -0.2) is 19.1 Å². The lowest BCUT2D eigenvalue weighted by molar-refractivity contribution is 0.485. The topological polar surface area (TPSA) is 72.8 Å². The lowest BCUT2D eigenvalue weighted by Gasteiger charge is -2.36. The smallest absolute Gasteiger partial charge is 0.218 e. The lowest BCUT2D eigenvalue weighted by Crippen LogP contribution is -2.33. The molecule has 0 bridgehead atoms. The minimum Gasteiger partial charge on any atom is -0.438 e. The molecule has 0 saturated carbocycles. The van der Waals surface area contributed by atoms with Crippen LogP contribution in [-0.2, 0) is 5.41 Å². The van der Waals surface area contributed by atoms with E-state index in [-0.39, 0.29) is 17.6 Å². The number of fused-ring (bicyclic) bond motifs is 23. The average Bonchev–Trinajstić information content (AvgIpc) is 1.50. The van der Waals surface area contributed by atoms with Crippen LogP contribution in [0.1, 0.15) is 42.9 Å². The van der Waals surface area contributed by atoms with Gasteiger partial charge in [0.2, 0.25) is 5.88 Å². The Morgan fingerprint density at radius 3 is 1.67 bits per heavy atom. The molecule has 20 aromatic rings. The molecule has 0 radical (unpaired) electrons. The lowest BCUT2D eigenvalue weighted by atomic mass is 9.85. The molecule has 450 valence electrons. The fraction of sp³-hybridized carbons (Fsp3) is 0.0575. The summed E-state index contributed by atoms with van der Waals surface area (Å²) in [6.45, 7) is 4.60. The van der Waals surface area contributed by atoms with Crippen molar-refractivity contribution in [3.8, 4) is 39.5 Å². The Kier molecular flexibility index (Phi) is 10.6. The van der Waals surface area contributed by atoms with Gasteiger partial charge in [-0.25, -0.2) is 9.97 Å². The number of furan rings is 1. The predicted octanol–water partition coefficient (Wildman–Crippen LogP) is 24.2. The average molecular weight is 1260 g/mol. The van der Waals surface area contributed by atoms with Crippen LogP contribution in [0.5, 0.6) is 0 Å². The van der Waals surface area contributed by atoms with Gasteiger partial charge in [-0.1, -0.05) is 196 Å². The molecule has 1 aliphatic heterocycles. The van der Waals surface area contributed by atoms with E-state index in [1.807, 2.05) is 28.7 Å². The maximum Gasteiger partial charge on any atom is 0.218 e. The van der Waals surface area contributed by atoms with E-state index in [0.717, 1.165) is 78.6 Å². The molecular formula is C87H54N6OS2. The second-order valence-electron chi connectivity index (χ2n) is 26.9. The van der Waals surface area contributed by atoms with Crippen LogP contribution in [0.15, 0.2) is 271 Å². The summed E-state index contributed by atoms with van der Waals surface area (Å²) in [4.78, 5) is 11.9. The molecule has 2 aliphatic rings. The highest BCUT2D eigenvalue weighted by Crippen LogP contribution is 2.53. The van der Waals surface area contributed by atoms with Crippen LogP contribution >= 0.6 is 22.7 Å². The Bertz CT molecular complexity index is 6760. The van der Waals surface area contributed by atoms with Crippen molar-refractivity contribution in [2.45, 2.75) is 31.5 Å². The van der Waals surface area contributed by atoms with Crippen LogP contribution in [0.4, 0.5) is 11.6 Å². The van der Waals surface area contributed by atoms with Gasteiger partial charge >= 0.3 is 0 Å². The molecule has 96 heavy (non-hydrogen) atoms. The summed E-state index contributed by atoms with van der Waals surface area (Å²) in [5, 5.41) is 28.6. The van der Waals surface area contributed by atoms with E-state index in [1.165, 1.54) is 127 Å².